The Morgan fingerprint density at radius 2 is 2.33 bits per heavy atom. The largest absolute Gasteiger partial charge is 0.316 e. The summed E-state index contributed by atoms with van der Waals surface area (Å²) in [5.41, 5.74) is 0. The van der Waals surface area contributed by atoms with Gasteiger partial charge in [0.15, 0.2) is 0 Å². The fourth-order valence-electron chi connectivity index (χ4n) is 1.01. The predicted molar refractivity (Wildman–Crippen MR) is 58.9 cm³/mol. The molecule has 0 amide bonds. The van der Waals surface area contributed by atoms with Gasteiger partial charge in [-0.05, 0) is 53.3 Å². The lowest BCUT2D eigenvalue weighted by Gasteiger charge is -2.00. The molecule has 0 unspecified atom stereocenters. The topological polar surface area (TPSA) is 12.0 Å². The SMILES string of the molecule is CCCNCCc1sccc1Br. The molecule has 0 spiro atoms. The van der Waals surface area contributed by atoms with Crippen LogP contribution in [0, 0.1) is 0 Å². The van der Waals surface area contributed by atoms with Crippen LogP contribution in [0.3, 0.4) is 0 Å². The van der Waals surface area contributed by atoms with Crippen LogP contribution in [0.25, 0.3) is 0 Å². The predicted octanol–water partition coefficient (Wildman–Crippen LogP) is 3.05. The molecular formula is C9H14BrNS. The van der Waals surface area contributed by atoms with E-state index in [1.165, 1.54) is 15.8 Å². The van der Waals surface area contributed by atoms with Crippen LogP contribution in [-0.2, 0) is 6.42 Å². The molecule has 1 aromatic rings. The monoisotopic (exact) mass is 247 g/mol. The van der Waals surface area contributed by atoms with E-state index in [-0.39, 0.29) is 0 Å². The highest BCUT2D eigenvalue weighted by Gasteiger charge is 1.99. The summed E-state index contributed by atoms with van der Waals surface area (Å²) in [5, 5.41) is 5.51. The van der Waals surface area contributed by atoms with E-state index >= 15 is 0 Å². The van der Waals surface area contributed by atoms with Crippen molar-refractivity contribution in [2.45, 2.75) is 19.8 Å². The standard InChI is InChI=1S/C9H14BrNS/c1-2-5-11-6-3-9-8(10)4-7-12-9/h4,7,11H,2-3,5-6H2,1H3. The third-order valence-corrected chi connectivity index (χ3v) is 3.63. The third-order valence-electron chi connectivity index (χ3n) is 1.65. The number of hydrogen-bond acceptors (Lipinski definition) is 2. The summed E-state index contributed by atoms with van der Waals surface area (Å²) < 4.78 is 1.26. The maximum absolute atomic E-state index is 3.52. The van der Waals surface area contributed by atoms with E-state index in [0.717, 1.165) is 19.5 Å². The van der Waals surface area contributed by atoms with Gasteiger partial charge >= 0.3 is 0 Å². The Bertz CT molecular complexity index is 222. The van der Waals surface area contributed by atoms with E-state index in [2.05, 4.69) is 39.6 Å². The van der Waals surface area contributed by atoms with Gasteiger partial charge in [-0.3, -0.25) is 0 Å². The molecule has 1 rings (SSSR count). The second kappa shape index (κ2) is 5.73. The summed E-state index contributed by atoms with van der Waals surface area (Å²) >= 11 is 5.34. The van der Waals surface area contributed by atoms with Gasteiger partial charge in [-0.15, -0.1) is 11.3 Å². The van der Waals surface area contributed by atoms with Gasteiger partial charge in [0.25, 0.3) is 0 Å². The van der Waals surface area contributed by atoms with Crippen molar-refractivity contribution in [1.82, 2.24) is 5.32 Å². The van der Waals surface area contributed by atoms with Gasteiger partial charge in [-0.1, -0.05) is 6.92 Å². The van der Waals surface area contributed by atoms with E-state index in [0.29, 0.717) is 0 Å². The Balaban J connectivity index is 2.20. The molecule has 0 saturated heterocycles. The first-order valence-corrected chi connectivity index (χ1v) is 5.94. The lowest BCUT2D eigenvalue weighted by molar-refractivity contribution is 0.674. The summed E-state index contributed by atoms with van der Waals surface area (Å²) in [6.45, 7) is 4.41. The van der Waals surface area contributed by atoms with Crippen molar-refractivity contribution in [2.75, 3.05) is 13.1 Å². The lowest BCUT2D eigenvalue weighted by Crippen LogP contribution is -2.17. The minimum Gasteiger partial charge on any atom is -0.316 e. The van der Waals surface area contributed by atoms with Crippen LogP contribution in [0.1, 0.15) is 18.2 Å². The van der Waals surface area contributed by atoms with Crippen molar-refractivity contribution < 1.29 is 0 Å². The van der Waals surface area contributed by atoms with E-state index in [9.17, 15) is 0 Å². The molecule has 1 aromatic heterocycles. The highest BCUT2D eigenvalue weighted by atomic mass is 79.9. The Hall–Kier alpha value is 0.140. The summed E-state index contributed by atoms with van der Waals surface area (Å²) in [5.74, 6) is 0. The minimum absolute atomic E-state index is 1.09. The average molecular weight is 248 g/mol. The number of thiophene rings is 1. The minimum atomic E-state index is 1.09. The van der Waals surface area contributed by atoms with Crippen molar-refractivity contribution in [1.29, 1.82) is 0 Å². The van der Waals surface area contributed by atoms with E-state index in [1.54, 1.807) is 0 Å². The van der Waals surface area contributed by atoms with Gasteiger partial charge in [0.2, 0.25) is 0 Å². The molecule has 0 radical (unpaired) electrons. The maximum atomic E-state index is 3.52. The summed E-state index contributed by atoms with van der Waals surface area (Å²) in [6.07, 6.45) is 2.35. The molecule has 1 heterocycles. The molecule has 0 atom stereocenters. The fraction of sp³-hybridized carbons (Fsp3) is 0.556. The van der Waals surface area contributed by atoms with Crippen LogP contribution in [0.5, 0.6) is 0 Å². The van der Waals surface area contributed by atoms with Gasteiger partial charge in [-0.2, -0.15) is 0 Å². The van der Waals surface area contributed by atoms with Crippen LogP contribution in [0.15, 0.2) is 15.9 Å². The van der Waals surface area contributed by atoms with Crippen molar-refractivity contribution in [3.8, 4) is 0 Å². The molecule has 0 aromatic carbocycles. The normalized spacial score (nSPS) is 10.5. The smallest absolute Gasteiger partial charge is 0.0314 e. The second-order valence-corrected chi connectivity index (χ2v) is 4.55. The lowest BCUT2D eigenvalue weighted by atomic mass is 10.3. The van der Waals surface area contributed by atoms with Gasteiger partial charge < -0.3 is 5.32 Å². The van der Waals surface area contributed by atoms with Crippen LogP contribution in [0.2, 0.25) is 0 Å². The molecule has 0 aliphatic carbocycles. The van der Waals surface area contributed by atoms with Crippen LogP contribution >= 0.6 is 27.3 Å². The first-order valence-electron chi connectivity index (χ1n) is 4.27. The number of nitrogens with one attached hydrogen (secondary N) is 1. The van der Waals surface area contributed by atoms with Gasteiger partial charge in [0.1, 0.15) is 0 Å². The molecule has 3 heteroatoms. The van der Waals surface area contributed by atoms with Gasteiger partial charge in [-0.25, -0.2) is 0 Å². The first-order chi connectivity index (χ1) is 5.84. The Kier molecular flexibility index (Phi) is 4.88. The zero-order valence-electron chi connectivity index (χ0n) is 7.27. The van der Waals surface area contributed by atoms with E-state index in [1.807, 2.05) is 11.3 Å². The van der Waals surface area contributed by atoms with Crippen LogP contribution in [-0.4, -0.2) is 13.1 Å². The molecule has 0 aliphatic rings. The molecule has 0 bridgehead atoms. The number of halogens is 1. The molecule has 12 heavy (non-hydrogen) atoms. The summed E-state index contributed by atoms with van der Waals surface area (Å²) in [4.78, 5) is 1.44. The zero-order chi connectivity index (χ0) is 8.81. The fourth-order valence-corrected chi connectivity index (χ4v) is 2.56. The molecule has 0 fully saturated rings. The first kappa shape index (κ1) is 10.2. The van der Waals surface area contributed by atoms with Crippen LogP contribution < -0.4 is 5.32 Å². The number of hydrogen-bond donors (Lipinski definition) is 1. The average Bonchev–Trinajstić information content (AvgIpc) is 2.46. The van der Waals surface area contributed by atoms with Crippen molar-refractivity contribution in [3.05, 3.63) is 20.8 Å². The molecule has 1 nitrogen and oxygen atoms in total. The molecule has 0 saturated carbocycles. The Morgan fingerprint density at radius 1 is 1.50 bits per heavy atom. The van der Waals surface area contributed by atoms with Crippen molar-refractivity contribution >= 4 is 27.3 Å². The third kappa shape index (κ3) is 3.25. The van der Waals surface area contributed by atoms with Crippen molar-refractivity contribution in [2.24, 2.45) is 0 Å². The van der Waals surface area contributed by atoms with E-state index < -0.39 is 0 Å². The van der Waals surface area contributed by atoms with Gasteiger partial charge in [0.05, 0.1) is 0 Å². The highest BCUT2D eigenvalue weighted by molar-refractivity contribution is 9.10. The molecule has 68 valence electrons. The quantitative estimate of drug-likeness (QED) is 0.790. The molecular weight excluding hydrogens is 234 g/mol. The van der Waals surface area contributed by atoms with E-state index in [4.69, 9.17) is 0 Å². The second-order valence-electron chi connectivity index (χ2n) is 2.69. The maximum Gasteiger partial charge on any atom is 0.0314 e. The Labute approximate surface area is 86.3 Å². The molecule has 1 N–H and O–H groups in total. The zero-order valence-corrected chi connectivity index (χ0v) is 9.67. The van der Waals surface area contributed by atoms with Gasteiger partial charge in [0, 0.05) is 9.35 Å². The Morgan fingerprint density at radius 3 is 2.92 bits per heavy atom. The van der Waals surface area contributed by atoms with Crippen LogP contribution in [0.4, 0.5) is 0 Å². The van der Waals surface area contributed by atoms with Crippen molar-refractivity contribution in [3.63, 3.8) is 0 Å². The highest BCUT2D eigenvalue weighted by Crippen LogP contribution is 2.22. The summed E-state index contributed by atoms with van der Waals surface area (Å²) in [6, 6.07) is 2.11. The number of rotatable bonds is 5. The molecule has 0 aliphatic heterocycles. The summed E-state index contributed by atoms with van der Waals surface area (Å²) in [7, 11) is 0.